The molecule has 0 aliphatic carbocycles. The van der Waals surface area contributed by atoms with E-state index in [2.05, 4.69) is 14.3 Å². The third-order valence-electron chi connectivity index (χ3n) is 2.15. The molecule has 0 saturated carbocycles. The number of hydrogen-bond donors (Lipinski definition) is 0. The van der Waals surface area contributed by atoms with Crippen molar-refractivity contribution in [1.82, 2.24) is 9.97 Å². The van der Waals surface area contributed by atoms with Crippen molar-refractivity contribution >= 4 is 9.73 Å². The summed E-state index contributed by atoms with van der Waals surface area (Å²) < 4.78 is 15.4. The predicted octanol–water partition coefficient (Wildman–Crippen LogP) is 1.42. The number of nitriles is 1. The first-order chi connectivity index (χ1) is 6.97. The van der Waals surface area contributed by atoms with E-state index in [9.17, 15) is 4.21 Å². The second kappa shape index (κ2) is 4.36. The van der Waals surface area contributed by atoms with Gasteiger partial charge in [-0.1, -0.05) is 0 Å². The van der Waals surface area contributed by atoms with Crippen LogP contribution in [-0.2, 0) is 9.73 Å². The minimum absolute atomic E-state index is 0.349. The van der Waals surface area contributed by atoms with Crippen molar-refractivity contribution in [2.24, 2.45) is 4.36 Å². The van der Waals surface area contributed by atoms with Crippen LogP contribution < -0.4 is 0 Å². The van der Waals surface area contributed by atoms with Crippen molar-refractivity contribution < 1.29 is 4.21 Å². The Balaban J connectivity index is 3.12. The molecule has 0 aliphatic heterocycles. The maximum atomic E-state index is 11.9. The third-order valence-corrected chi connectivity index (χ3v) is 4.18. The highest BCUT2D eigenvalue weighted by molar-refractivity contribution is 7.93. The van der Waals surface area contributed by atoms with Gasteiger partial charge in [0.05, 0.1) is 15.0 Å². The van der Waals surface area contributed by atoms with Crippen molar-refractivity contribution in [2.75, 3.05) is 6.26 Å². The molecule has 6 heteroatoms. The fourth-order valence-corrected chi connectivity index (χ4v) is 1.97. The molecule has 80 valence electrons. The Labute approximate surface area is 89.4 Å². The zero-order valence-corrected chi connectivity index (χ0v) is 9.65. The fraction of sp³-hybridized carbons (Fsp3) is 0.444. The second-order valence-corrected chi connectivity index (χ2v) is 5.87. The first kappa shape index (κ1) is 11.6. The van der Waals surface area contributed by atoms with Crippen molar-refractivity contribution in [3.8, 4) is 6.19 Å². The van der Waals surface area contributed by atoms with Crippen LogP contribution in [0.3, 0.4) is 0 Å². The van der Waals surface area contributed by atoms with Gasteiger partial charge in [0.2, 0.25) is 6.19 Å². The molecule has 2 atom stereocenters. The molecule has 0 aliphatic rings. The van der Waals surface area contributed by atoms with Gasteiger partial charge in [-0.15, -0.1) is 4.36 Å². The predicted molar refractivity (Wildman–Crippen MR) is 57.3 cm³/mol. The Morgan fingerprint density at radius 1 is 1.53 bits per heavy atom. The lowest BCUT2D eigenvalue weighted by atomic mass is 10.3. The Bertz CT molecular complexity index is 494. The molecule has 0 bridgehead atoms. The Hall–Kier alpha value is -1.48. The number of nitrogens with zero attached hydrogens (tertiary/aromatic N) is 4. The summed E-state index contributed by atoms with van der Waals surface area (Å²) in [5.74, 6) is 0.658. The summed E-state index contributed by atoms with van der Waals surface area (Å²) in [5.41, 5.74) is 0.729. The second-order valence-electron chi connectivity index (χ2n) is 3.26. The van der Waals surface area contributed by atoms with Crippen molar-refractivity contribution in [2.45, 2.75) is 19.1 Å². The van der Waals surface area contributed by atoms with E-state index in [1.807, 2.05) is 0 Å². The molecule has 0 N–H and O–H groups in total. The molecule has 0 amide bonds. The van der Waals surface area contributed by atoms with Crippen LogP contribution in [-0.4, -0.2) is 20.4 Å². The standard InChI is InChI=1S/C9H12N4OS/c1-7(15(3,14)13-6-10)9-4-11-8(2)12-5-9/h4-5,7H,1-3H3. The van der Waals surface area contributed by atoms with E-state index in [1.165, 1.54) is 6.26 Å². The number of hydrogen-bond acceptors (Lipinski definition) is 5. The molecular formula is C9H12N4OS. The van der Waals surface area contributed by atoms with E-state index in [-0.39, 0.29) is 5.25 Å². The van der Waals surface area contributed by atoms with Crippen LogP contribution >= 0.6 is 0 Å². The van der Waals surface area contributed by atoms with Crippen molar-refractivity contribution in [3.05, 3.63) is 23.8 Å². The maximum absolute atomic E-state index is 11.9. The molecular weight excluding hydrogens is 212 g/mol. The molecule has 15 heavy (non-hydrogen) atoms. The Morgan fingerprint density at radius 2 is 2.07 bits per heavy atom. The van der Waals surface area contributed by atoms with E-state index in [4.69, 9.17) is 5.26 Å². The van der Waals surface area contributed by atoms with E-state index >= 15 is 0 Å². The largest absolute Gasteiger partial charge is 0.248 e. The molecule has 0 fully saturated rings. The van der Waals surface area contributed by atoms with Gasteiger partial charge in [0.15, 0.2) is 0 Å². The fourth-order valence-electron chi connectivity index (χ4n) is 1.03. The quantitative estimate of drug-likeness (QED) is 0.712. The first-order valence-corrected chi connectivity index (χ1v) is 6.33. The maximum Gasteiger partial charge on any atom is 0.214 e. The van der Waals surface area contributed by atoms with Crippen LogP contribution in [0.4, 0.5) is 0 Å². The lowest BCUT2D eigenvalue weighted by Gasteiger charge is -2.11. The van der Waals surface area contributed by atoms with Gasteiger partial charge in [-0.25, -0.2) is 14.2 Å². The van der Waals surface area contributed by atoms with E-state index in [0.29, 0.717) is 5.82 Å². The molecule has 0 aromatic carbocycles. The number of aromatic nitrogens is 2. The van der Waals surface area contributed by atoms with Crippen LogP contribution in [0.15, 0.2) is 16.8 Å². The van der Waals surface area contributed by atoms with Crippen LogP contribution in [0.25, 0.3) is 0 Å². The summed E-state index contributed by atoms with van der Waals surface area (Å²) in [6, 6.07) is 0. The summed E-state index contributed by atoms with van der Waals surface area (Å²) in [5, 5.41) is 8.07. The zero-order chi connectivity index (χ0) is 11.5. The molecule has 5 nitrogen and oxygen atoms in total. The molecule has 1 rings (SSSR count). The molecule has 1 aromatic heterocycles. The molecule has 0 saturated heterocycles. The van der Waals surface area contributed by atoms with Crippen LogP contribution in [0, 0.1) is 18.4 Å². The Morgan fingerprint density at radius 3 is 2.53 bits per heavy atom. The molecule has 1 heterocycles. The van der Waals surface area contributed by atoms with Crippen LogP contribution in [0.1, 0.15) is 23.6 Å². The van der Waals surface area contributed by atoms with Gasteiger partial charge in [-0.3, -0.25) is 0 Å². The SMILES string of the molecule is Cc1ncc(C(C)S(C)(=O)=NC#N)cn1. The number of rotatable bonds is 2. The number of aryl methyl sites for hydroxylation is 1. The highest BCUT2D eigenvalue weighted by Gasteiger charge is 2.16. The molecule has 2 unspecified atom stereocenters. The smallest absolute Gasteiger partial charge is 0.214 e. The zero-order valence-electron chi connectivity index (χ0n) is 8.84. The topological polar surface area (TPSA) is 79.0 Å². The monoisotopic (exact) mass is 224 g/mol. The summed E-state index contributed by atoms with van der Waals surface area (Å²) in [6.07, 6.45) is 6.27. The first-order valence-electron chi connectivity index (χ1n) is 4.35. The van der Waals surface area contributed by atoms with Crippen molar-refractivity contribution in [1.29, 1.82) is 5.26 Å². The normalized spacial score (nSPS) is 16.1. The van der Waals surface area contributed by atoms with E-state index < -0.39 is 9.73 Å². The van der Waals surface area contributed by atoms with Gasteiger partial charge in [0, 0.05) is 24.2 Å². The van der Waals surface area contributed by atoms with E-state index in [1.54, 1.807) is 32.4 Å². The average molecular weight is 224 g/mol. The van der Waals surface area contributed by atoms with Gasteiger partial charge < -0.3 is 0 Å². The highest BCUT2D eigenvalue weighted by atomic mass is 32.2. The molecule has 0 radical (unpaired) electrons. The minimum atomic E-state index is -2.54. The van der Waals surface area contributed by atoms with Crippen LogP contribution in [0.5, 0.6) is 0 Å². The van der Waals surface area contributed by atoms with Gasteiger partial charge in [-0.2, -0.15) is 5.26 Å². The summed E-state index contributed by atoms with van der Waals surface area (Å²) in [6.45, 7) is 3.52. The lowest BCUT2D eigenvalue weighted by molar-refractivity contribution is 0.672. The van der Waals surface area contributed by atoms with Gasteiger partial charge in [0.1, 0.15) is 5.82 Å². The highest BCUT2D eigenvalue weighted by Crippen LogP contribution is 2.21. The third kappa shape index (κ3) is 2.73. The lowest BCUT2D eigenvalue weighted by Crippen LogP contribution is -2.08. The van der Waals surface area contributed by atoms with Crippen molar-refractivity contribution in [3.63, 3.8) is 0 Å². The Kier molecular flexibility index (Phi) is 3.37. The van der Waals surface area contributed by atoms with Gasteiger partial charge >= 0.3 is 0 Å². The van der Waals surface area contributed by atoms with Crippen LogP contribution in [0.2, 0.25) is 0 Å². The van der Waals surface area contributed by atoms with E-state index in [0.717, 1.165) is 5.56 Å². The summed E-state index contributed by atoms with van der Waals surface area (Å²) in [7, 11) is -2.54. The average Bonchev–Trinajstić information content (AvgIpc) is 2.18. The molecule has 1 aromatic rings. The summed E-state index contributed by atoms with van der Waals surface area (Å²) in [4.78, 5) is 8.03. The van der Waals surface area contributed by atoms with Gasteiger partial charge in [0.25, 0.3) is 0 Å². The molecule has 0 spiro atoms. The minimum Gasteiger partial charge on any atom is -0.248 e. The van der Waals surface area contributed by atoms with Gasteiger partial charge in [-0.05, 0) is 13.8 Å². The summed E-state index contributed by atoms with van der Waals surface area (Å²) >= 11 is 0.